The van der Waals surface area contributed by atoms with Crippen LogP contribution >= 0.6 is 0 Å². The van der Waals surface area contributed by atoms with E-state index in [0.29, 0.717) is 24.0 Å². The summed E-state index contributed by atoms with van der Waals surface area (Å²) in [6.07, 6.45) is 1.80. The number of anilines is 3. The summed E-state index contributed by atoms with van der Waals surface area (Å²) in [6, 6.07) is 26.0. The van der Waals surface area contributed by atoms with E-state index in [1.165, 1.54) is 5.56 Å². The summed E-state index contributed by atoms with van der Waals surface area (Å²) in [6.45, 7) is 2.59. The predicted molar refractivity (Wildman–Crippen MR) is 131 cm³/mol. The number of aromatic nitrogens is 4. The summed E-state index contributed by atoms with van der Waals surface area (Å²) >= 11 is 0. The van der Waals surface area contributed by atoms with Crippen molar-refractivity contribution < 1.29 is 4.74 Å². The lowest BCUT2D eigenvalue weighted by molar-refractivity contribution is 0.410. The van der Waals surface area contributed by atoms with Crippen LogP contribution in [0.1, 0.15) is 11.1 Å². The lowest BCUT2D eigenvalue weighted by atomic mass is 10.2. The molecule has 0 fully saturated rings. The molecule has 0 atom stereocenters. The van der Waals surface area contributed by atoms with Crippen molar-refractivity contribution >= 4 is 28.5 Å². The molecule has 7 heteroatoms. The number of para-hydroxylation sites is 2. The Bertz CT molecular complexity index is 1400. The molecule has 0 saturated heterocycles. The molecular weight excluding hydrogens is 412 g/mol. The highest BCUT2D eigenvalue weighted by molar-refractivity contribution is 5.90. The number of hydrogen-bond donors (Lipinski definition) is 2. The Morgan fingerprint density at radius 2 is 1.73 bits per heavy atom. The van der Waals surface area contributed by atoms with Gasteiger partial charge in [0.1, 0.15) is 11.6 Å². The minimum atomic E-state index is 0.501. The van der Waals surface area contributed by atoms with Gasteiger partial charge in [-0.3, -0.25) is 0 Å². The summed E-state index contributed by atoms with van der Waals surface area (Å²) in [4.78, 5) is 9.58. The van der Waals surface area contributed by atoms with Gasteiger partial charge in [0.15, 0.2) is 5.65 Å². The van der Waals surface area contributed by atoms with Crippen LogP contribution in [0.25, 0.3) is 16.7 Å². The molecule has 0 radical (unpaired) electrons. The van der Waals surface area contributed by atoms with Crippen LogP contribution in [-0.2, 0) is 6.54 Å². The minimum Gasteiger partial charge on any atom is -0.496 e. The highest BCUT2D eigenvalue weighted by Crippen LogP contribution is 2.28. The second-order valence-corrected chi connectivity index (χ2v) is 7.68. The zero-order valence-electron chi connectivity index (χ0n) is 18.5. The zero-order chi connectivity index (χ0) is 22.6. The van der Waals surface area contributed by atoms with Crippen molar-refractivity contribution in [1.82, 2.24) is 19.7 Å². The third-order valence-corrected chi connectivity index (χ3v) is 5.34. The molecule has 0 aliphatic carbocycles. The van der Waals surface area contributed by atoms with E-state index in [0.717, 1.165) is 28.1 Å². The van der Waals surface area contributed by atoms with E-state index >= 15 is 0 Å². The Kier molecular flexibility index (Phi) is 5.59. The fourth-order valence-electron chi connectivity index (χ4n) is 3.72. The first-order chi connectivity index (χ1) is 16.2. The number of benzene rings is 3. The Balaban J connectivity index is 1.56. The number of ether oxygens (including phenoxy) is 1. The summed E-state index contributed by atoms with van der Waals surface area (Å²) < 4.78 is 7.30. The number of fused-ring (bicyclic) bond motifs is 1. The van der Waals surface area contributed by atoms with Crippen LogP contribution < -0.4 is 15.4 Å². The highest BCUT2D eigenvalue weighted by Gasteiger charge is 2.15. The zero-order valence-corrected chi connectivity index (χ0v) is 18.5. The topological polar surface area (TPSA) is 76.9 Å². The smallest absolute Gasteiger partial charge is 0.227 e. The van der Waals surface area contributed by atoms with E-state index in [1.807, 2.05) is 71.4 Å². The minimum absolute atomic E-state index is 0.501. The highest BCUT2D eigenvalue weighted by atomic mass is 16.5. The molecule has 5 rings (SSSR count). The molecule has 0 saturated carbocycles. The number of nitrogens with zero attached hydrogens (tertiary/aromatic N) is 4. The van der Waals surface area contributed by atoms with Crippen LogP contribution in [0.3, 0.4) is 0 Å². The quantitative estimate of drug-likeness (QED) is 0.351. The Hall–Kier alpha value is -4.39. The number of aryl methyl sites for hydroxylation is 1. The molecule has 33 heavy (non-hydrogen) atoms. The molecule has 0 amide bonds. The van der Waals surface area contributed by atoms with Gasteiger partial charge in [-0.05, 0) is 42.8 Å². The molecule has 0 bridgehead atoms. The van der Waals surface area contributed by atoms with Gasteiger partial charge in [-0.2, -0.15) is 15.1 Å². The van der Waals surface area contributed by atoms with Crippen molar-refractivity contribution in [3.63, 3.8) is 0 Å². The van der Waals surface area contributed by atoms with Gasteiger partial charge < -0.3 is 15.4 Å². The van der Waals surface area contributed by atoms with Gasteiger partial charge in [-0.25, -0.2) is 4.68 Å². The van der Waals surface area contributed by atoms with Gasteiger partial charge in [0, 0.05) is 17.8 Å². The van der Waals surface area contributed by atoms with Crippen LogP contribution in [0.5, 0.6) is 5.75 Å². The van der Waals surface area contributed by atoms with Crippen LogP contribution in [-0.4, -0.2) is 26.9 Å². The molecule has 2 heterocycles. The molecule has 2 aromatic heterocycles. The van der Waals surface area contributed by atoms with E-state index < -0.39 is 0 Å². The molecule has 3 aromatic carbocycles. The fraction of sp³-hybridized carbons (Fsp3) is 0.115. The maximum Gasteiger partial charge on any atom is 0.227 e. The van der Waals surface area contributed by atoms with Gasteiger partial charge in [-0.1, -0.05) is 48.5 Å². The SMILES string of the molecule is COc1ccccc1CNc1nc(Nc2cccc(C)c2)c2cnn(-c3ccccc3)c2n1. The normalized spacial score (nSPS) is 10.8. The third kappa shape index (κ3) is 4.34. The Labute approximate surface area is 192 Å². The first kappa shape index (κ1) is 20.5. The summed E-state index contributed by atoms with van der Waals surface area (Å²) in [5.74, 6) is 2.01. The van der Waals surface area contributed by atoms with Gasteiger partial charge >= 0.3 is 0 Å². The van der Waals surface area contributed by atoms with Gasteiger partial charge in [-0.15, -0.1) is 0 Å². The van der Waals surface area contributed by atoms with Crippen molar-refractivity contribution in [3.8, 4) is 11.4 Å². The molecule has 0 spiro atoms. The summed E-state index contributed by atoms with van der Waals surface area (Å²) in [5, 5.41) is 12.2. The largest absolute Gasteiger partial charge is 0.496 e. The van der Waals surface area contributed by atoms with Crippen molar-refractivity contribution in [2.24, 2.45) is 0 Å². The molecule has 164 valence electrons. The summed E-state index contributed by atoms with van der Waals surface area (Å²) in [5.41, 5.74) is 4.80. The molecule has 2 N–H and O–H groups in total. The van der Waals surface area contributed by atoms with Crippen molar-refractivity contribution in [2.45, 2.75) is 13.5 Å². The van der Waals surface area contributed by atoms with Gasteiger partial charge in [0.25, 0.3) is 0 Å². The maximum absolute atomic E-state index is 5.48. The molecule has 7 nitrogen and oxygen atoms in total. The molecular formula is C26H24N6O. The maximum atomic E-state index is 5.48. The van der Waals surface area contributed by atoms with Gasteiger partial charge in [0.05, 0.1) is 24.4 Å². The van der Waals surface area contributed by atoms with Crippen molar-refractivity contribution in [1.29, 1.82) is 0 Å². The lowest BCUT2D eigenvalue weighted by Gasteiger charge is -2.12. The number of nitrogens with one attached hydrogen (secondary N) is 2. The second kappa shape index (κ2) is 9.00. The van der Waals surface area contributed by atoms with Crippen molar-refractivity contribution in [2.75, 3.05) is 17.7 Å². The first-order valence-corrected chi connectivity index (χ1v) is 10.7. The van der Waals surface area contributed by atoms with Crippen molar-refractivity contribution in [3.05, 3.63) is 96.2 Å². The number of hydrogen-bond acceptors (Lipinski definition) is 6. The van der Waals surface area contributed by atoms with Gasteiger partial charge in [0.2, 0.25) is 5.95 Å². The molecule has 5 aromatic rings. The molecule has 0 aliphatic heterocycles. The number of rotatable bonds is 7. The summed E-state index contributed by atoms with van der Waals surface area (Å²) in [7, 11) is 1.67. The third-order valence-electron chi connectivity index (χ3n) is 5.34. The van der Waals surface area contributed by atoms with Crippen LogP contribution in [0.15, 0.2) is 85.1 Å². The monoisotopic (exact) mass is 436 g/mol. The number of methoxy groups -OCH3 is 1. The van der Waals surface area contributed by atoms with E-state index in [9.17, 15) is 0 Å². The fourth-order valence-corrected chi connectivity index (χ4v) is 3.72. The predicted octanol–water partition coefficient (Wildman–Crippen LogP) is 5.49. The molecule has 0 unspecified atom stereocenters. The van der Waals surface area contributed by atoms with Crippen LogP contribution in [0, 0.1) is 6.92 Å². The average molecular weight is 437 g/mol. The molecule has 0 aliphatic rings. The standard InChI is InChI=1S/C26H24N6O/c1-18-9-8-11-20(15-18)29-24-22-17-28-32(21-12-4-3-5-13-21)25(22)31-26(30-24)27-16-19-10-6-7-14-23(19)33-2/h3-15,17H,16H2,1-2H3,(H2,27,29,30,31). The van der Waals surface area contributed by atoms with E-state index in [4.69, 9.17) is 14.7 Å². The Morgan fingerprint density at radius 3 is 2.55 bits per heavy atom. The Morgan fingerprint density at radius 1 is 0.909 bits per heavy atom. The van der Waals surface area contributed by atoms with E-state index in [-0.39, 0.29) is 0 Å². The first-order valence-electron chi connectivity index (χ1n) is 10.7. The second-order valence-electron chi connectivity index (χ2n) is 7.68. The average Bonchev–Trinajstić information content (AvgIpc) is 3.28. The van der Waals surface area contributed by atoms with E-state index in [2.05, 4.69) is 34.8 Å². The lowest BCUT2D eigenvalue weighted by Crippen LogP contribution is -2.08. The van der Waals surface area contributed by atoms with Crippen LogP contribution in [0.4, 0.5) is 17.5 Å². The van der Waals surface area contributed by atoms with E-state index in [1.54, 1.807) is 13.3 Å². The van der Waals surface area contributed by atoms with Crippen LogP contribution in [0.2, 0.25) is 0 Å².